The van der Waals surface area contributed by atoms with Crippen LogP contribution in [0.1, 0.15) is 192 Å². The van der Waals surface area contributed by atoms with Gasteiger partial charge in [0.15, 0.2) is 0 Å². The van der Waals surface area contributed by atoms with Gasteiger partial charge in [0.05, 0.1) is 18.7 Å². The van der Waals surface area contributed by atoms with Gasteiger partial charge in [-0.2, -0.15) is 20.4 Å². The lowest BCUT2D eigenvalue weighted by Gasteiger charge is -2.23. The number of nitrogens with one attached hydrogen (secondary N) is 4. The lowest BCUT2D eigenvalue weighted by Crippen LogP contribution is -2.24. The molecule has 0 bridgehead atoms. The van der Waals surface area contributed by atoms with Gasteiger partial charge in [-0.3, -0.25) is 38.4 Å². The summed E-state index contributed by atoms with van der Waals surface area (Å²) >= 11 is 0. The van der Waals surface area contributed by atoms with E-state index in [4.69, 9.17) is 50.6 Å². The van der Waals surface area contributed by atoms with Crippen LogP contribution in [0, 0.1) is 62.6 Å². The normalized spacial score (nSPS) is 12.9. The van der Waals surface area contributed by atoms with Gasteiger partial charge in [0.1, 0.15) is 103 Å². The van der Waals surface area contributed by atoms with Crippen LogP contribution >= 0.6 is 0 Å². The van der Waals surface area contributed by atoms with Crippen molar-refractivity contribution < 1.29 is 69.4 Å². The number of ether oxygens (including phenoxy) is 1. The highest BCUT2D eigenvalue weighted by Crippen LogP contribution is 2.38. The van der Waals surface area contributed by atoms with E-state index in [9.17, 15) is 60.3 Å². The fourth-order valence-electron chi connectivity index (χ4n) is 14.5. The standard InChI is InChI=1S/C24H25F2N5O3.C24H26FN5O2.C21H21F2N5O2.C21H22FN5O2/c1-13-4-7-16(25)10-18(13)24(33)29-11-15-6-5-14(9-19(15)26)21-20(23(28)32)22(27)31(30-21)17-3-2-8-34-12-17;1-14-6-2-5-9-17(14)24(32)28-13-15-10-11-18(19(25)12-15)21-20(23(27)31)22(26)30(29-21)16-7-3-4-8-16;1-3-28-19(24)17(20(25)29)18(27-28)12-5-6-13(16(23)8-12)10-26-21(30)15-9-14(22)7-4-11(15)2;1-3-27-19(23)17(20(24)28)18(26-27)13-8-9-14(16(22)10-13)11-25-21(29)15-7-5-4-6-12(15)2/h4-7,9-10,17H,2-3,8,11-12,27H2,1H3,(H2,28,32)(H,29,33);2,5-6,9-12,16H,3-4,7-8,13,26H2,1H3,(H2,27,31)(H,28,32);4-9H,3,10,24H2,1-2H3,(H2,25,29)(H,26,30);4-10H,3,11,23H2,1-2H3,(H2,24,28)(H,25,29). The van der Waals surface area contributed by atoms with Gasteiger partial charge < -0.3 is 71.9 Å². The SMILES string of the molecule is CCn1nc(-c2ccc(CNC(=O)c3cc(F)ccc3C)c(F)c2)c(C(N)=O)c1N.CCn1nc(-c2ccc(CNC(=O)c3ccccc3C)c(F)c2)c(C(N)=O)c1N.Cc1ccc(F)cc1C(=O)NCc1ccc(-c2nn(C3CCCOC3)c(N)c2C(N)=O)cc1F.Cc1ccccc1C(=O)NCc1ccc(-c2nn(C3CCCC3)c(N)c2C(N)=O)c(F)c1. The topological polar surface area (TPSA) is 473 Å². The highest BCUT2D eigenvalue weighted by atomic mass is 19.1. The number of nitrogens with two attached hydrogens (primary N) is 8. The van der Waals surface area contributed by atoms with Crippen LogP contribution in [0.3, 0.4) is 0 Å². The van der Waals surface area contributed by atoms with Crippen molar-refractivity contribution in [2.24, 2.45) is 22.9 Å². The Morgan fingerprint density at radius 3 is 1.13 bits per heavy atom. The minimum atomic E-state index is -0.766. The molecule has 14 rings (SSSR count). The lowest BCUT2D eigenvalue weighted by atomic mass is 10.0. The predicted molar refractivity (Wildman–Crippen MR) is 459 cm³/mol. The monoisotopic (exact) mass is 1710 g/mol. The molecule has 1 aliphatic heterocycles. The smallest absolute Gasteiger partial charge is 0.254 e. The number of carbonyl (C=O) groups excluding carboxylic acids is 8. The van der Waals surface area contributed by atoms with Crippen molar-refractivity contribution in [2.45, 2.75) is 131 Å². The summed E-state index contributed by atoms with van der Waals surface area (Å²) in [4.78, 5) is 97.2. The molecule has 2 aliphatic rings. The molecular formula is C90H94F6N20O9. The number of carbonyl (C=O) groups is 8. The van der Waals surface area contributed by atoms with Crippen LogP contribution in [0.5, 0.6) is 0 Å². The van der Waals surface area contributed by atoms with Crippen molar-refractivity contribution in [1.29, 1.82) is 0 Å². The molecule has 650 valence electrons. The predicted octanol–water partition coefficient (Wildman–Crippen LogP) is 12.2. The zero-order valence-corrected chi connectivity index (χ0v) is 69.2. The van der Waals surface area contributed by atoms with Crippen LogP contribution in [-0.2, 0) is 44.0 Å². The quantitative estimate of drug-likeness (QED) is 0.0250. The molecule has 2 fully saturated rings. The first kappa shape index (κ1) is 90.9. The van der Waals surface area contributed by atoms with E-state index >= 15 is 4.39 Å². The minimum absolute atomic E-state index is 0.0209. The van der Waals surface area contributed by atoms with E-state index < -0.39 is 70.3 Å². The zero-order chi connectivity index (χ0) is 90.4. The van der Waals surface area contributed by atoms with Crippen LogP contribution in [0.15, 0.2) is 158 Å². The first-order valence-corrected chi connectivity index (χ1v) is 39.8. The molecule has 5 heterocycles. The Bertz CT molecular complexity index is 6130. The number of aryl methyl sites for hydroxylation is 6. The summed E-state index contributed by atoms with van der Waals surface area (Å²) in [5.41, 5.74) is 53.9. The van der Waals surface area contributed by atoms with E-state index in [1.165, 1.54) is 86.8 Å². The number of primary amides is 4. The highest BCUT2D eigenvalue weighted by molar-refractivity contribution is 6.06. The Labute approximate surface area is 714 Å². The Morgan fingerprint density at radius 2 is 0.744 bits per heavy atom. The number of nitrogen functional groups attached to an aromatic ring is 4. The molecule has 1 saturated heterocycles. The molecule has 1 aliphatic carbocycles. The summed E-state index contributed by atoms with van der Waals surface area (Å²) in [5.74, 6) is -7.37. The Hall–Kier alpha value is -14.9. The van der Waals surface area contributed by atoms with Gasteiger partial charge in [0, 0.05) is 107 Å². The molecule has 1 atom stereocenters. The Morgan fingerprint density at radius 1 is 0.384 bits per heavy atom. The number of nitrogens with zero attached hydrogens (tertiary/aromatic N) is 8. The second kappa shape index (κ2) is 40.2. The van der Waals surface area contributed by atoms with E-state index in [0.717, 1.165) is 61.8 Å². The van der Waals surface area contributed by atoms with E-state index in [1.807, 2.05) is 45.0 Å². The molecule has 29 nitrogen and oxygen atoms in total. The van der Waals surface area contributed by atoms with Crippen molar-refractivity contribution in [2.75, 3.05) is 36.1 Å². The molecule has 1 saturated carbocycles. The van der Waals surface area contributed by atoms with E-state index in [-0.39, 0.29) is 146 Å². The van der Waals surface area contributed by atoms with Crippen LogP contribution in [0.4, 0.5) is 49.6 Å². The molecule has 1 unspecified atom stereocenters. The molecule has 8 amide bonds. The number of amides is 8. The lowest BCUT2D eigenvalue weighted by molar-refractivity contribution is 0.0558. The van der Waals surface area contributed by atoms with Gasteiger partial charge in [-0.25, -0.2) is 45.1 Å². The summed E-state index contributed by atoms with van der Waals surface area (Å²) < 4.78 is 97.6. The Balaban J connectivity index is 0.000000162. The summed E-state index contributed by atoms with van der Waals surface area (Å²) in [6, 6.07) is 39.6. The van der Waals surface area contributed by atoms with Gasteiger partial charge in [0.25, 0.3) is 47.3 Å². The first-order valence-electron chi connectivity index (χ1n) is 39.8. The average molecular weight is 1710 g/mol. The number of hydrogen-bond donors (Lipinski definition) is 12. The molecule has 0 radical (unpaired) electrons. The minimum Gasteiger partial charge on any atom is -0.383 e. The Kier molecular flexibility index (Phi) is 29.2. The van der Waals surface area contributed by atoms with E-state index in [2.05, 4.69) is 41.7 Å². The zero-order valence-electron chi connectivity index (χ0n) is 69.2. The van der Waals surface area contributed by atoms with Crippen LogP contribution in [0.2, 0.25) is 0 Å². The van der Waals surface area contributed by atoms with Crippen molar-refractivity contribution >= 4 is 70.5 Å². The van der Waals surface area contributed by atoms with Gasteiger partial charge >= 0.3 is 0 Å². The summed E-state index contributed by atoms with van der Waals surface area (Å²) in [6.45, 7) is 12.5. The second-order valence-corrected chi connectivity index (χ2v) is 29.7. The maximum atomic E-state index is 15.1. The molecule has 4 aromatic heterocycles. The molecular weight excluding hydrogens is 1620 g/mol. The maximum absolute atomic E-state index is 15.1. The van der Waals surface area contributed by atoms with Gasteiger partial charge in [-0.15, -0.1) is 0 Å². The third kappa shape index (κ3) is 21.0. The molecule has 8 aromatic carbocycles. The van der Waals surface area contributed by atoms with Crippen molar-refractivity contribution in [3.05, 3.63) is 282 Å². The second-order valence-electron chi connectivity index (χ2n) is 29.7. The van der Waals surface area contributed by atoms with Crippen LogP contribution in [-0.4, -0.2) is 99.6 Å². The largest absolute Gasteiger partial charge is 0.383 e. The number of anilines is 4. The van der Waals surface area contributed by atoms with Crippen molar-refractivity contribution in [3.63, 3.8) is 0 Å². The first-order chi connectivity index (χ1) is 59.7. The third-order valence-electron chi connectivity index (χ3n) is 21.3. The van der Waals surface area contributed by atoms with Crippen molar-refractivity contribution in [3.8, 4) is 45.0 Å². The molecule has 125 heavy (non-hydrogen) atoms. The highest BCUT2D eigenvalue weighted by Gasteiger charge is 2.32. The average Bonchev–Trinajstić information content (AvgIpc) is 1.64. The molecule has 0 spiro atoms. The molecule has 20 N–H and O–H groups in total. The van der Waals surface area contributed by atoms with Gasteiger partial charge in [-0.05, 0) is 162 Å². The fourth-order valence-corrected chi connectivity index (χ4v) is 14.5. The number of halogens is 6. The summed E-state index contributed by atoms with van der Waals surface area (Å²) in [5, 5.41) is 28.1. The number of hydrogen-bond acceptors (Lipinski definition) is 17. The molecule has 12 aromatic rings. The van der Waals surface area contributed by atoms with Gasteiger partial charge in [0.2, 0.25) is 0 Å². The summed E-state index contributed by atoms with van der Waals surface area (Å²) in [6.07, 6.45) is 5.54. The van der Waals surface area contributed by atoms with E-state index in [1.54, 1.807) is 74.0 Å². The fraction of sp³-hybridized carbons (Fsp3) is 0.244. The van der Waals surface area contributed by atoms with E-state index in [0.29, 0.717) is 76.4 Å². The number of aromatic nitrogens is 8. The number of benzene rings is 8. The number of rotatable bonds is 24. The van der Waals surface area contributed by atoms with Gasteiger partial charge in [-0.1, -0.05) is 104 Å². The van der Waals surface area contributed by atoms with Crippen molar-refractivity contribution in [1.82, 2.24) is 60.4 Å². The molecule has 35 heteroatoms. The van der Waals surface area contributed by atoms with Crippen LogP contribution < -0.4 is 67.1 Å². The summed E-state index contributed by atoms with van der Waals surface area (Å²) in [7, 11) is 0. The maximum Gasteiger partial charge on any atom is 0.254 e. The van der Waals surface area contributed by atoms with Crippen LogP contribution in [0.25, 0.3) is 45.0 Å². The third-order valence-corrected chi connectivity index (χ3v) is 21.3.